The number of halogens is 3. The normalized spacial score (nSPS) is 11.4. The fourth-order valence-electron chi connectivity index (χ4n) is 3.55. The summed E-state index contributed by atoms with van der Waals surface area (Å²) in [6.07, 6.45) is -4.83. The second-order valence-corrected chi connectivity index (χ2v) is 7.36. The van der Waals surface area contributed by atoms with Gasteiger partial charge in [-0.1, -0.05) is 6.92 Å². The van der Waals surface area contributed by atoms with Crippen molar-refractivity contribution in [1.29, 1.82) is 0 Å². The van der Waals surface area contributed by atoms with E-state index in [0.29, 0.717) is 0 Å². The highest BCUT2D eigenvalue weighted by Crippen LogP contribution is 2.35. The molecule has 2 aromatic rings. The van der Waals surface area contributed by atoms with E-state index < -0.39 is 36.0 Å². The SMILES string of the molecule is CCc1c(O)cc(O)c(C(=O)c2ccc(OC(F)(F)F)cc2)c1CC(=O)N(CCO)CCCO. The van der Waals surface area contributed by atoms with E-state index >= 15 is 0 Å². The van der Waals surface area contributed by atoms with Gasteiger partial charge in [-0.3, -0.25) is 9.59 Å². The molecule has 0 aromatic heterocycles. The Labute approximate surface area is 193 Å². The second kappa shape index (κ2) is 11.7. The highest BCUT2D eigenvalue weighted by molar-refractivity contribution is 6.12. The number of aromatic hydroxyl groups is 2. The lowest BCUT2D eigenvalue weighted by atomic mass is 9.89. The van der Waals surface area contributed by atoms with E-state index in [-0.39, 0.29) is 67.1 Å². The van der Waals surface area contributed by atoms with Crippen molar-refractivity contribution in [3.05, 3.63) is 52.6 Å². The van der Waals surface area contributed by atoms with Crippen LogP contribution in [0.2, 0.25) is 0 Å². The maximum absolute atomic E-state index is 13.2. The Morgan fingerprint density at radius 3 is 2.15 bits per heavy atom. The van der Waals surface area contributed by atoms with Gasteiger partial charge in [0, 0.05) is 31.3 Å². The van der Waals surface area contributed by atoms with Gasteiger partial charge in [-0.2, -0.15) is 0 Å². The molecule has 2 rings (SSSR count). The Kier molecular flexibility index (Phi) is 9.28. The average Bonchev–Trinajstić information content (AvgIpc) is 2.75. The van der Waals surface area contributed by atoms with Crippen molar-refractivity contribution in [1.82, 2.24) is 4.90 Å². The van der Waals surface area contributed by atoms with Crippen molar-refractivity contribution < 1.29 is 47.9 Å². The first-order valence-corrected chi connectivity index (χ1v) is 10.5. The second-order valence-electron chi connectivity index (χ2n) is 7.36. The summed E-state index contributed by atoms with van der Waals surface area (Å²) in [5.41, 5.74) is -0.0208. The lowest BCUT2D eigenvalue weighted by molar-refractivity contribution is -0.274. The molecule has 0 aliphatic heterocycles. The molecule has 11 heteroatoms. The van der Waals surface area contributed by atoms with Gasteiger partial charge in [-0.25, -0.2) is 0 Å². The molecule has 0 heterocycles. The van der Waals surface area contributed by atoms with Crippen LogP contribution in [0.5, 0.6) is 17.2 Å². The summed E-state index contributed by atoms with van der Waals surface area (Å²) in [6.45, 7) is 1.29. The number of carbonyl (C=O) groups is 2. The van der Waals surface area contributed by atoms with Crippen LogP contribution in [0.3, 0.4) is 0 Å². The molecule has 0 fully saturated rings. The van der Waals surface area contributed by atoms with Crippen LogP contribution < -0.4 is 4.74 Å². The number of rotatable bonds is 11. The van der Waals surface area contributed by atoms with E-state index in [1.165, 1.54) is 4.90 Å². The van der Waals surface area contributed by atoms with E-state index in [4.69, 9.17) is 5.11 Å². The van der Waals surface area contributed by atoms with Crippen molar-refractivity contribution in [3.63, 3.8) is 0 Å². The molecule has 186 valence electrons. The van der Waals surface area contributed by atoms with Crippen molar-refractivity contribution in [2.75, 3.05) is 26.3 Å². The summed E-state index contributed by atoms with van der Waals surface area (Å²) < 4.78 is 41.0. The van der Waals surface area contributed by atoms with Gasteiger partial charge >= 0.3 is 6.36 Å². The van der Waals surface area contributed by atoms with E-state index in [2.05, 4.69) is 4.74 Å². The summed E-state index contributed by atoms with van der Waals surface area (Å²) in [4.78, 5) is 27.4. The number of carbonyl (C=O) groups excluding carboxylic acids is 2. The third kappa shape index (κ3) is 6.84. The number of ketones is 1. The molecule has 0 aliphatic carbocycles. The van der Waals surface area contributed by atoms with Gasteiger partial charge in [0.05, 0.1) is 18.6 Å². The number of aliphatic hydroxyl groups excluding tert-OH is 2. The molecule has 0 atom stereocenters. The molecule has 0 saturated carbocycles. The molecule has 0 spiro atoms. The summed E-state index contributed by atoms with van der Waals surface area (Å²) in [7, 11) is 0. The van der Waals surface area contributed by atoms with Crippen molar-refractivity contribution in [2.24, 2.45) is 0 Å². The number of amides is 1. The summed E-state index contributed by atoms with van der Waals surface area (Å²) in [5.74, 6) is -2.73. The summed E-state index contributed by atoms with van der Waals surface area (Å²) in [5, 5.41) is 39.1. The van der Waals surface area contributed by atoms with E-state index in [1.54, 1.807) is 6.92 Å². The number of alkyl halides is 3. The zero-order valence-corrected chi connectivity index (χ0v) is 18.4. The van der Waals surface area contributed by atoms with Crippen molar-refractivity contribution in [2.45, 2.75) is 32.5 Å². The number of hydrogen-bond acceptors (Lipinski definition) is 7. The van der Waals surface area contributed by atoms with Crippen molar-refractivity contribution >= 4 is 11.7 Å². The minimum atomic E-state index is -4.90. The minimum absolute atomic E-state index is 0.0188. The number of nitrogens with zero attached hydrogens (tertiary/aromatic N) is 1. The third-order valence-corrected chi connectivity index (χ3v) is 5.07. The predicted octanol–water partition coefficient (Wildman–Crippen LogP) is 2.54. The maximum atomic E-state index is 13.2. The molecule has 2 aromatic carbocycles. The lowest BCUT2D eigenvalue weighted by Crippen LogP contribution is -2.36. The van der Waals surface area contributed by atoms with Crippen LogP contribution in [0, 0.1) is 0 Å². The number of ether oxygens (including phenoxy) is 1. The standard InChI is InChI=1S/C23H26F3NO7/c1-2-16-17(12-20(32)27(9-11-29)8-3-10-28)21(19(31)13-18(16)30)22(33)14-4-6-15(7-5-14)34-23(24,25)26/h4-7,13,28-31H,2-3,8-12H2,1H3. The van der Waals surface area contributed by atoms with Crippen LogP contribution in [-0.4, -0.2) is 69.7 Å². The molecule has 8 nitrogen and oxygen atoms in total. The fraction of sp³-hybridized carbons (Fsp3) is 0.391. The smallest absolute Gasteiger partial charge is 0.508 e. The van der Waals surface area contributed by atoms with E-state index in [0.717, 1.165) is 30.3 Å². The molecule has 1 amide bonds. The van der Waals surface area contributed by atoms with Gasteiger partial charge in [-0.15, -0.1) is 13.2 Å². The topological polar surface area (TPSA) is 128 Å². The summed E-state index contributed by atoms with van der Waals surface area (Å²) >= 11 is 0. The van der Waals surface area contributed by atoms with Crippen LogP contribution in [0.25, 0.3) is 0 Å². The number of phenols is 2. The Balaban J connectivity index is 2.48. The quantitative estimate of drug-likeness (QED) is 0.360. The van der Waals surface area contributed by atoms with Crippen LogP contribution in [0.4, 0.5) is 13.2 Å². The first-order chi connectivity index (χ1) is 16.0. The van der Waals surface area contributed by atoms with Crippen molar-refractivity contribution in [3.8, 4) is 17.2 Å². The Bertz CT molecular complexity index is 1010. The van der Waals surface area contributed by atoms with Gasteiger partial charge in [0.25, 0.3) is 0 Å². The van der Waals surface area contributed by atoms with Gasteiger partial charge in [0.15, 0.2) is 5.78 Å². The van der Waals surface area contributed by atoms with Gasteiger partial charge in [0.2, 0.25) is 5.91 Å². The Morgan fingerprint density at radius 1 is 0.971 bits per heavy atom. The number of phenolic OH excluding ortho intramolecular Hbond substituents is 2. The number of hydrogen-bond donors (Lipinski definition) is 4. The van der Waals surface area contributed by atoms with Gasteiger partial charge < -0.3 is 30.1 Å². The highest BCUT2D eigenvalue weighted by atomic mass is 19.4. The lowest BCUT2D eigenvalue weighted by Gasteiger charge is -2.23. The number of benzene rings is 2. The highest BCUT2D eigenvalue weighted by Gasteiger charge is 2.31. The Morgan fingerprint density at radius 2 is 1.62 bits per heavy atom. The molecule has 0 bridgehead atoms. The zero-order valence-electron chi connectivity index (χ0n) is 18.4. The number of aliphatic hydroxyl groups is 2. The van der Waals surface area contributed by atoms with Gasteiger partial charge in [-0.05, 0) is 48.2 Å². The largest absolute Gasteiger partial charge is 0.573 e. The molecular weight excluding hydrogens is 459 g/mol. The first-order valence-electron chi connectivity index (χ1n) is 10.5. The Hall–Kier alpha value is -3.31. The maximum Gasteiger partial charge on any atom is 0.573 e. The summed E-state index contributed by atoms with van der Waals surface area (Å²) in [6, 6.07) is 5.04. The van der Waals surface area contributed by atoms with Crippen LogP contribution in [-0.2, 0) is 17.6 Å². The van der Waals surface area contributed by atoms with Crippen LogP contribution in [0.1, 0.15) is 40.4 Å². The predicted molar refractivity (Wildman–Crippen MR) is 115 cm³/mol. The third-order valence-electron chi connectivity index (χ3n) is 5.07. The van der Waals surface area contributed by atoms with E-state index in [9.17, 15) is 38.1 Å². The molecule has 0 unspecified atom stereocenters. The molecule has 4 N–H and O–H groups in total. The van der Waals surface area contributed by atoms with Crippen LogP contribution >= 0.6 is 0 Å². The monoisotopic (exact) mass is 485 g/mol. The molecule has 0 aliphatic rings. The molecular formula is C23H26F3NO7. The molecule has 34 heavy (non-hydrogen) atoms. The van der Waals surface area contributed by atoms with Crippen LogP contribution in [0.15, 0.2) is 30.3 Å². The first kappa shape index (κ1) is 26.9. The van der Waals surface area contributed by atoms with Gasteiger partial charge in [0.1, 0.15) is 17.2 Å². The fourth-order valence-corrected chi connectivity index (χ4v) is 3.55. The minimum Gasteiger partial charge on any atom is -0.508 e. The average molecular weight is 485 g/mol. The van der Waals surface area contributed by atoms with E-state index in [1.807, 2.05) is 0 Å². The zero-order chi connectivity index (χ0) is 25.5. The molecule has 0 saturated heterocycles. The molecule has 0 radical (unpaired) electrons.